The van der Waals surface area contributed by atoms with Gasteiger partial charge in [0.15, 0.2) is 0 Å². The third kappa shape index (κ3) is 3.51. The highest BCUT2D eigenvalue weighted by Crippen LogP contribution is 2.37. The molecule has 4 heteroatoms. The minimum Gasteiger partial charge on any atom is -0.332 e. The predicted molar refractivity (Wildman–Crippen MR) is 115 cm³/mol. The fourth-order valence-corrected chi connectivity index (χ4v) is 4.33. The highest BCUT2D eigenvalue weighted by atomic mass is 16.2. The predicted octanol–water partition coefficient (Wildman–Crippen LogP) is 5.17. The Morgan fingerprint density at radius 2 is 1.62 bits per heavy atom. The molecule has 3 aromatic rings. The second-order valence-electron chi connectivity index (χ2n) is 8.07. The number of carbonyl (C=O) groups excluding carboxylic acids is 2. The normalized spacial score (nSPS) is 18.8. The molecule has 0 aromatic heterocycles. The van der Waals surface area contributed by atoms with Gasteiger partial charge in [0.25, 0.3) is 5.91 Å². The second kappa shape index (κ2) is 7.36. The van der Waals surface area contributed by atoms with Crippen LogP contribution in [0.25, 0.3) is 10.8 Å². The molecule has 29 heavy (non-hydrogen) atoms. The van der Waals surface area contributed by atoms with E-state index in [0.29, 0.717) is 5.56 Å². The van der Waals surface area contributed by atoms with Crippen LogP contribution in [0.4, 0.5) is 5.69 Å². The minimum absolute atomic E-state index is 0.0560. The molecule has 1 atom stereocenters. The molecule has 2 aliphatic rings. The quantitative estimate of drug-likeness (QED) is 0.675. The van der Waals surface area contributed by atoms with Crippen LogP contribution in [-0.4, -0.2) is 23.3 Å². The van der Waals surface area contributed by atoms with Gasteiger partial charge in [0, 0.05) is 23.7 Å². The molecule has 1 unspecified atom stereocenters. The van der Waals surface area contributed by atoms with E-state index < -0.39 is 0 Å². The average molecular weight is 384 g/mol. The van der Waals surface area contributed by atoms with E-state index >= 15 is 0 Å². The van der Waals surface area contributed by atoms with Crippen molar-refractivity contribution in [3.05, 3.63) is 77.9 Å². The van der Waals surface area contributed by atoms with E-state index in [0.717, 1.165) is 37.9 Å². The van der Waals surface area contributed by atoms with Crippen LogP contribution >= 0.6 is 0 Å². The minimum atomic E-state index is 0.0560. The van der Waals surface area contributed by atoms with E-state index in [1.165, 1.54) is 16.3 Å². The lowest BCUT2D eigenvalue weighted by Gasteiger charge is -2.26. The summed E-state index contributed by atoms with van der Waals surface area (Å²) < 4.78 is 0. The van der Waals surface area contributed by atoms with Gasteiger partial charge in [-0.05, 0) is 66.3 Å². The Morgan fingerprint density at radius 3 is 2.41 bits per heavy atom. The van der Waals surface area contributed by atoms with Gasteiger partial charge in [0.1, 0.15) is 0 Å². The number of amides is 2. The molecule has 1 saturated heterocycles. The number of nitrogens with one attached hydrogen (secondary N) is 1. The molecule has 0 radical (unpaired) electrons. The van der Waals surface area contributed by atoms with E-state index in [-0.39, 0.29) is 23.8 Å². The maximum atomic E-state index is 13.3. The van der Waals surface area contributed by atoms with Crippen molar-refractivity contribution in [2.75, 3.05) is 11.9 Å². The molecule has 146 valence electrons. The third-order valence-electron chi connectivity index (χ3n) is 6.04. The zero-order valence-electron chi connectivity index (χ0n) is 16.3. The van der Waals surface area contributed by atoms with Gasteiger partial charge < -0.3 is 10.2 Å². The van der Waals surface area contributed by atoms with Crippen LogP contribution < -0.4 is 5.32 Å². The summed E-state index contributed by atoms with van der Waals surface area (Å²) in [6.45, 7) is 0.771. The SMILES string of the molecule is O=C(Nc1ccc(C(=O)N2CCCC2c2cccc3ccccc23)cc1)C1CC1. The van der Waals surface area contributed by atoms with E-state index in [1.54, 1.807) is 0 Å². The lowest BCUT2D eigenvalue weighted by molar-refractivity contribution is -0.117. The summed E-state index contributed by atoms with van der Waals surface area (Å²) in [6.07, 6.45) is 3.95. The Kier molecular flexibility index (Phi) is 4.55. The zero-order chi connectivity index (χ0) is 19.8. The highest BCUT2D eigenvalue weighted by molar-refractivity contribution is 5.97. The van der Waals surface area contributed by atoms with Crippen LogP contribution in [0.15, 0.2) is 66.7 Å². The highest BCUT2D eigenvalue weighted by Gasteiger charge is 2.32. The van der Waals surface area contributed by atoms with Crippen molar-refractivity contribution in [3.8, 4) is 0 Å². The van der Waals surface area contributed by atoms with Crippen molar-refractivity contribution in [2.45, 2.75) is 31.7 Å². The molecule has 2 fully saturated rings. The second-order valence-corrected chi connectivity index (χ2v) is 8.07. The Hall–Kier alpha value is -3.14. The number of carbonyl (C=O) groups is 2. The van der Waals surface area contributed by atoms with Crippen molar-refractivity contribution in [1.82, 2.24) is 4.90 Å². The molecule has 0 spiro atoms. The van der Waals surface area contributed by atoms with Crippen LogP contribution in [0.2, 0.25) is 0 Å². The standard InChI is InChI=1S/C25H24N2O2/c28-24(18-10-11-18)26-20-14-12-19(13-15-20)25(29)27-16-4-9-23(27)22-8-3-6-17-5-1-2-7-21(17)22/h1-3,5-8,12-15,18,23H,4,9-11,16H2,(H,26,28). The first kappa shape index (κ1) is 17.9. The first-order valence-electron chi connectivity index (χ1n) is 10.4. The molecule has 1 heterocycles. The number of hydrogen-bond acceptors (Lipinski definition) is 2. The summed E-state index contributed by atoms with van der Waals surface area (Å²) in [5.74, 6) is 0.308. The topological polar surface area (TPSA) is 49.4 Å². The summed E-state index contributed by atoms with van der Waals surface area (Å²) in [6, 6.07) is 22.1. The number of benzene rings is 3. The van der Waals surface area contributed by atoms with Crippen molar-refractivity contribution in [3.63, 3.8) is 0 Å². The summed E-state index contributed by atoms with van der Waals surface area (Å²) in [5, 5.41) is 5.36. The Morgan fingerprint density at radius 1 is 0.862 bits per heavy atom. The van der Waals surface area contributed by atoms with Crippen LogP contribution in [0.5, 0.6) is 0 Å². The van der Waals surface area contributed by atoms with Crippen LogP contribution in [0, 0.1) is 5.92 Å². The zero-order valence-corrected chi connectivity index (χ0v) is 16.3. The number of nitrogens with zero attached hydrogens (tertiary/aromatic N) is 1. The molecular formula is C25H24N2O2. The fraction of sp³-hybridized carbons (Fsp3) is 0.280. The maximum Gasteiger partial charge on any atom is 0.254 e. The molecule has 1 saturated carbocycles. The van der Waals surface area contributed by atoms with Gasteiger partial charge >= 0.3 is 0 Å². The first-order chi connectivity index (χ1) is 14.2. The first-order valence-corrected chi connectivity index (χ1v) is 10.4. The largest absolute Gasteiger partial charge is 0.332 e. The van der Waals surface area contributed by atoms with Gasteiger partial charge in [0.2, 0.25) is 5.91 Å². The summed E-state index contributed by atoms with van der Waals surface area (Å²) in [7, 11) is 0. The van der Waals surface area contributed by atoms with Crippen molar-refractivity contribution in [1.29, 1.82) is 0 Å². The Bertz CT molecular complexity index is 1060. The molecule has 0 bridgehead atoms. The number of fused-ring (bicyclic) bond motifs is 1. The number of rotatable bonds is 4. The van der Waals surface area contributed by atoms with Crippen LogP contribution in [0.1, 0.15) is 47.6 Å². The molecule has 2 amide bonds. The molecule has 1 aliphatic carbocycles. The Balaban J connectivity index is 1.38. The molecular weight excluding hydrogens is 360 g/mol. The third-order valence-corrected chi connectivity index (χ3v) is 6.04. The van der Waals surface area contributed by atoms with Crippen molar-refractivity contribution in [2.24, 2.45) is 5.92 Å². The molecule has 4 nitrogen and oxygen atoms in total. The van der Waals surface area contributed by atoms with E-state index in [1.807, 2.05) is 35.2 Å². The number of likely N-dealkylation sites (tertiary alicyclic amines) is 1. The Labute approximate surface area is 170 Å². The maximum absolute atomic E-state index is 13.3. The van der Waals surface area contributed by atoms with Gasteiger partial charge in [-0.1, -0.05) is 42.5 Å². The van der Waals surface area contributed by atoms with E-state index in [9.17, 15) is 9.59 Å². The van der Waals surface area contributed by atoms with E-state index in [2.05, 4.69) is 41.7 Å². The van der Waals surface area contributed by atoms with Gasteiger partial charge in [-0.2, -0.15) is 0 Å². The van der Waals surface area contributed by atoms with Gasteiger partial charge in [0.05, 0.1) is 6.04 Å². The molecule has 1 aliphatic heterocycles. The van der Waals surface area contributed by atoms with Gasteiger partial charge in [-0.25, -0.2) is 0 Å². The monoisotopic (exact) mass is 384 g/mol. The van der Waals surface area contributed by atoms with Gasteiger partial charge in [-0.3, -0.25) is 9.59 Å². The number of hydrogen-bond donors (Lipinski definition) is 1. The molecule has 5 rings (SSSR count). The van der Waals surface area contributed by atoms with E-state index in [4.69, 9.17) is 0 Å². The van der Waals surface area contributed by atoms with Crippen LogP contribution in [-0.2, 0) is 4.79 Å². The average Bonchev–Trinajstić information content (AvgIpc) is 3.51. The van der Waals surface area contributed by atoms with Crippen molar-refractivity contribution < 1.29 is 9.59 Å². The molecule has 3 aromatic carbocycles. The summed E-state index contributed by atoms with van der Waals surface area (Å²) >= 11 is 0. The number of anilines is 1. The van der Waals surface area contributed by atoms with Crippen LogP contribution in [0.3, 0.4) is 0 Å². The molecule has 1 N–H and O–H groups in total. The summed E-state index contributed by atoms with van der Waals surface area (Å²) in [5.41, 5.74) is 2.65. The van der Waals surface area contributed by atoms with Gasteiger partial charge in [-0.15, -0.1) is 0 Å². The lowest BCUT2D eigenvalue weighted by atomic mass is 9.97. The van der Waals surface area contributed by atoms with Crippen molar-refractivity contribution >= 4 is 28.3 Å². The smallest absolute Gasteiger partial charge is 0.254 e. The fourth-order valence-electron chi connectivity index (χ4n) is 4.33. The lowest BCUT2D eigenvalue weighted by Crippen LogP contribution is -2.30. The summed E-state index contributed by atoms with van der Waals surface area (Å²) in [4.78, 5) is 27.2.